The highest BCUT2D eigenvalue weighted by atomic mass is 79.9. The molecule has 0 saturated heterocycles. The number of rotatable bonds is 5. The van der Waals surface area contributed by atoms with Crippen LogP contribution in [0.4, 0.5) is 0 Å². The Bertz CT molecular complexity index is 427. The summed E-state index contributed by atoms with van der Waals surface area (Å²) in [6.07, 6.45) is 5.21. The van der Waals surface area contributed by atoms with Gasteiger partial charge in [-0.25, -0.2) is 0 Å². The minimum Gasteiger partial charge on any atom is -0.314 e. The summed E-state index contributed by atoms with van der Waals surface area (Å²) < 4.78 is 3.21. The molecule has 1 fully saturated rings. The third kappa shape index (κ3) is 3.22. The van der Waals surface area contributed by atoms with Crippen molar-refractivity contribution in [3.8, 4) is 0 Å². The van der Waals surface area contributed by atoms with Gasteiger partial charge in [0.25, 0.3) is 0 Å². The van der Waals surface area contributed by atoms with Crippen LogP contribution in [0.2, 0.25) is 0 Å². The maximum absolute atomic E-state index is 4.51. The summed E-state index contributed by atoms with van der Waals surface area (Å²) in [7, 11) is 2.05. The molecule has 3 nitrogen and oxygen atoms in total. The standard InChI is InChI=1S/C15H26BrN3/c1-5-17-13(12-8-6-7-10(12)2)9-14-15(16)11(3)18-19(14)4/h10,12-13,17H,5-9H2,1-4H3. The predicted molar refractivity (Wildman–Crippen MR) is 83.3 cm³/mol. The Morgan fingerprint density at radius 2 is 2.21 bits per heavy atom. The second kappa shape index (κ2) is 6.40. The number of aryl methyl sites for hydroxylation is 2. The van der Waals surface area contributed by atoms with Gasteiger partial charge in [-0.05, 0) is 47.7 Å². The first-order valence-corrected chi connectivity index (χ1v) is 8.25. The van der Waals surface area contributed by atoms with Crippen molar-refractivity contribution in [3.63, 3.8) is 0 Å². The number of nitrogens with zero attached hydrogens (tertiary/aromatic N) is 2. The van der Waals surface area contributed by atoms with Crippen LogP contribution in [0.25, 0.3) is 0 Å². The number of halogens is 1. The van der Waals surface area contributed by atoms with E-state index in [9.17, 15) is 0 Å². The molecule has 108 valence electrons. The van der Waals surface area contributed by atoms with Gasteiger partial charge in [-0.2, -0.15) is 5.10 Å². The predicted octanol–water partition coefficient (Wildman–Crippen LogP) is 3.45. The van der Waals surface area contributed by atoms with Gasteiger partial charge in [-0.1, -0.05) is 26.7 Å². The topological polar surface area (TPSA) is 29.9 Å². The molecule has 1 aliphatic rings. The minimum atomic E-state index is 0.577. The Kier molecular flexibility index (Phi) is 5.07. The summed E-state index contributed by atoms with van der Waals surface area (Å²) in [5.41, 5.74) is 2.41. The normalized spacial score (nSPS) is 24.9. The van der Waals surface area contributed by atoms with Crippen molar-refractivity contribution in [1.29, 1.82) is 0 Å². The van der Waals surface area contributed by atoms with Crippen LogP contribution in [0.3, 0.4) is 0 Å². The molecular formula is C15H26BrN3. The van der Waals surface area contributed by atoms with E-state index in [1.54, 1.807) is 0 Å². The van der Waals surface area contributed by atoms with Crippen LogP contribution in [0, 0.1) is 18.8 Å². The zero-order valence-corrected chi connectivity index (χ0v) is 14.1. The molecule has 1 N–H and O–H groups in total. The Balaban J connectivity index is 2.16. The first-order chi connectivity index (χ1) is 9.04. The van der Waals surface area contributed by atoms with Crippen LogP contribution in [-0.4, -0.2) is 22.4 Å². The molecule has 0 aliphatic heterocycles. The van der Waals surface area contributed by atoms with Gasteiger partial charge in [0.05, 0.1) is 15.9 Å². The van der Waals surface area contributed by atoms with E-state index in [0.717, 1.165) is 30.5 Å². The van der Waals surface area contributed by atoms with Crippen molar-refractivity contribution in [2.45, 2.75) is 52.5 Å². The minimum absolute atomic E-state index is 0.577. The van der Waals surface area contributed by atoms with Crippen molar-refractivity contribution in [1.82, 2.24) is 15.1 Å². The number of hydrogen-bond donors (Lipinski definition) is 1. The second-order valence-corrected chi connectivity index (χ2v) is 6.70. The molecule has 1 saturated carbocycles. The lowest BCUT2D eigenvalue weighted by Crippen LogP contribution is -2.39. The van der Waals surface area contributed by atoms with Gasteiger partial charge in [0.2, 0.25) is 0 Å². The maximum atomic E-state index is 4.51. The third-order valence-corrected chi connectivity index (χ3v) is 5.62. The van der Waals surface area contributed by atoms with Crippen molar-refractivity contribution < 1.29 is 0 Å². The Hall–Kier alpha value is -0.350. The zero-order chi connectivity index (χ0) is 14.0. The smallest absolute Gasteiger partial charge is 0.0738 e. The monoisotopic (exact) mass is 327 g/mol. The highest BCUT2D eigenvalue weighted by Gasteiger charge is 2.31. The van der Waals surface area contributed by atoms with Gasteiger partial charge in [-0.15, -0.1) is 0 Å². The van der Waals surface area contributed by atoms with Crippen LogP contribution < -0.4 is 5.32 Å². The molecule has 19 heavy (non-hydrogen) atoms. The van der Waals surface area contributed by atoms with Crippen LogP contribution >= 0.6 is 15.9 Å². The fourth-order valence-corrected chi connectivity index (χ4v) is 4.02. The van der Waals surface area contributed by atoms with Crippen LogP contribution in [0.15, 0.2) is 4.47 Å². The van der Waals surface area contributed by atoms with Crippen LogP contribution in [-0.2, 0) is 13.5 Å². The molecule has 0 bridgehead atoms. The van der Waals surface area contributed by atoms with Crippen molar-refractivity contribution in [3.05, 3.63) is 15.9 Å². The largest absolute Gasteiger partial charge is 0.314 e. The van der Waals surface area contributed by atoms with E-state index in [4.69, 9.17) is 0 Å². The quantitative estimate of drug-likeness (QED) is 0.897. The Morgan fingerprint density at radius 3 is 2.68 bits per heavy atom. The van der Waals surface area contributed by atoms with Crippen LogP contribution in [0.1, 0.15) is 44.5 Å². The summed E-state index contributed by atoms with van der Waals surface area (Å²) in [4.78, 5) is 0. The molecule has 2 rings (SSSR count). The molecule has 0 aromatic carbocycles. The summed E-state index contributed by atoms with van der Waals surface area (Å²) in [5, 5.41) is 8.22. The van der Waals surface area contributed by atoms with E-state index >= 15 is 0 Å². The van der Waals surface area contributed by atoms with Gasteiger partial charge in [0.15, 0.2) is 0 Å². The molecule has 0 amide bonds. The fourth-order valence-electron chi connectivity index (χ4n) is 3.52. The average Bonchev–Trinajstić information content (AvgIpc) is 2.88. The molecule has 4 heteroatoms. The SMILES string of the molecule is CCNC(Cc1c(Br)c(C)nn1C)C1CCCC1C. The van der Waals surface area contributed by atoms with Crippen molar-refractivity contribution in [2.24, 2.45) is 18.9 Å². The van der Waals surface area contributed by atoms with Crippen molar-refractivity contribution >= 4 is 15.9 Å². The van der Waals surface area contributed by atoms with Gasteiger partial charge < -0.3 is 5.32 Å². The van der Waals surface area contributed by atoms with Gasteiger partial charge in [0, 0.05) is 19.5 Å². The summed E-state index contributed by atoms with van der Waals surface area (Å²) in [6, 6.07) is 0.577. The first-order valence-electron chi connectivity index (χ1n) is 7.46. The number of hydrogen-bond acceptors (Lipinski definition) is 2. The molecular weight excluding hydrogens is 302 g/mol. The second-order valence-electron chi connectivity index (χ2n) is 5.91. The molecule has 0 radical (unpaired) electrons. The third-order valence-electron chi connectivity index (χ3n) is 4.59. The molecule has 3 atom stereocenters. The van der Waals surface area contributed by atoms with Gasteiger partial charge in [-0.3, -0.25) is 4.68 Å². The van der Waals surface area contributed by atoms with E-state index in [2.05, 4.69) is 47.1 Å². The maximum Gasteiger partial charge on any atom is 0.0738 e. The number of likely N-dealkylation sites (N-methyl/N-ethyl adjacent to an activating group) is 1. The van der Waals surface area contributed by atoms with Crippen molar-refractivity contribution in [2.75, 3.05) is 6.54 Å². The molecule has 1 aliphatic carbocycles. The summed E-state index contributed by atoms with van der Waals surface area (Å²) in [5.74, 6) is 1.65. The van der Waals surface area contributed by atoms with Crippen LogP contribution in [0.5, 0.6) is 0 Å². The summed E-state index contributed by atoms with van der Waals surface area (Å²) in [6.45, 7) is 7.72. The van der Waals surface area contributed by atoms with E-state index < -0.39 is 0 Å². The highest BCUT2D eigenvalue weighted by molar-refractivity contribution is 9.10. The van der Waals surface area contributed by atoms with E-state index in [0.29, 0.717) is 6.04 Å². The molecule has 1 aromatic heterocycles. The lowest BCUT2D eigenvalue weighted by Gasteiger charge is -2.28. The Labute approximate surface area is 125 Å². The first kappa shape index (κ1) is 15.0. The van der Waals surface area contributed by atoms with E-state index in [-0.39, 0.29) is 0 Å². The number of aromatic nitrogens is 2. The van der Waals surface area contributed by atoms with E-state index in [1.807, 2.05) is 11.7 Å². The fraction of sp³-hybridized carbons (Fsp3) is 0.800. The van der Waals surface area contributed by atoms with Gasteiger partial charge >= 0.3 is 0 Å². The lowest BCUT2D eigenvalue weighted by atomic mass is 9.87. The summed E-state index contributed by atoms with van der Waals surface area (Å²) >= 11 is 3.69. The highest BCUT2D eigenvalue weighted by Crippen LogP contribution is 2.35. The van der Waals surface area contributed by atoms with Gasteiger partial charge in [0.1, 0.15) is 0 Å². The molecule has 1 aromatic rings. The Morgan fingerprint density at radius 1 is 1.47 bits per heavy atom. The van der Waals surface area contributed by atoms with E-state index in [1.165, 1.54) is 29.4 Å². The zero-order valence-electron chi connectivity index (χ0n) is 12.5. The molecule has 3 unspecified atom stereocenters. The number of nitrogens with one attached hydrogen (secondary N) is 1. The molecule has 1 heterocycles. The average molecular weight is 328 g/mol. The molecule has 0 spiro atoms. The lowest BCUT2D eigenvalue weighted by molar-refractivity contribution is 0.295.